The second-order valence-corrected chi connectivity index (χ2v) is 5.95. The van der Waals surface area contributed by atoms with Crippen molar-refractivity contribution < 1.29 is 14.6 Å². The first-order valence-corrected chi connectivity index (χ1v) is 7.69. The Morgan fingerprint density at radius 2 is 2.30 bits per heavy atom. The van der Waals surface area contributed by atoms with E-state index < -0.39 is 6.10 Å². The van der Waals surface area contributed by atoms with Crippen molar-refractivity contribution in [2.75, 3.05) is 13.7 Å². The van der Waals surface area contributed by atoms with Crippen LogP contribution in [0.15, 0.2) is 30.3 Å². The zero-order valence-electron chi connectivity index (χ0n) is 13.3. The van der Waals surface area contributed by atoms with Crippen LogP contribution >= 0.6 is 0 Å². The molecular weight excluding hydrogens is 294 g/mol. The van der Waals surface area contributed by atoms with Crippen LogP contribution in [0.25, 0.3) is 0 Å². The number of hydrogen-bond acceptors (Lipinski definition) is 4. The lowest BCUT2D eigenvalue weighted by atomic mass is 10.0. The third kappa shape index (κ3) is 3.37. The zero-order valence-corrected chi connectivity index (χ0v) is 13.3. The Kier molecular flexibility index (Phi) is 4.34. The summed E-state index contributed by atoms with van der Waals surface area (Å²) in [5, 5.41) is 17.0. The highest BCUT2D eigenvalue weighted by molar-refractivity contribution is 5.79. The highest BCUT2D eigenvalue weighted by Gasteiger charge is 2.35. The minimum atomic E-state index is -0.504. The van der Waals surface area contributed by atoms with E-state index in [1.54, 1.807) is 12.0 Å². The van der Waals surface area contributed by atoms with E-state index in [2.05, 4.69) is 10.2 Å². The molecule has 23 heavy (non-hydrogen) atoms. The van der Waals surface area contributed by atoms with Crippen molar-refractivity contribution in [3.8, 4) is 5.75 Å². The van der Waals surface area contributed by atoms with E-state index in [0.29, 0.717) is 13.0 Å². The number of β-amino-alcohol motifs (C(OH)–C–C–N with tert-alkyl or cyclic N) is 1. The van der Waals surface area contributed by atoms with Gasteiger partial charge >= 0.3 is 0 Å². The molecule has 2 unspecified atom stereocenters. The first-order valence-electron chi connectivity index (χ1n) is 7.69. The molecule has 1 aliphatic heterocycles. The summed E-state index contributed by atoms with van der Waals surface area (Å²) >= 11 is 0. The van der Waals surface area contributed by atoms with E-state index >= 15 is 0 Å². The van der Waals surface area contributed by atoms with Gasteiger partial charge in [-0.2, -0.15) is 5.10 Å². The first kappa shape index (κ1) is 15.6. The van der Waals surface area contributed by atoms with Gasteiger partial charge in [0.2, 0.25) is 5.91 Å². The maximum Gasteiger partial charge on any atom is 0.229 e. The lowest BCUT2D eigenvalue weighted by molar-refractivity contribution is -0.131. The molecular formula is C17H21N3O3. The SMILES string of the molecule is COc1cccc(C2CC(O)CN2C(=O)Cc2cc(C)[nH]n2)c1. The van der Waals surface area contributed by atoms with Gasteiger partial charge in [-0.15, -0.1) is 0 Å². The number of carbonyl (C=O) groups excluding carboxylic acids is 1. The third-order valence-electron chi connectivity index (χ3n) is 4.17. The molecule has 2 N–H and O–H groups in total. The molecule has 0 aliphatic carbocycles. The number of hydrogen-bond donors (Lipinski definition) is 2. The summed E-state index contributed by atoms with van der Waals surface area (Å²) in [6, 6.07) is 9.39. The minimum absolute atomic E-state index is 0.0270. The molecule has 1 amide bonds. The summed E-state index contributed by atoms with van der Waals surface area (Å²) in [6.07, 6.45) is 0.270. The van der Waals surface area contributed by atoms with Crippen molar-refractivity contribution in [1.29, 1.82) is 0 Å². The van der Waals surface area contributed by atoms with Gasteiger partial charge in [0.1, 0.15) is 5.75 Å². The van der Waals surface area contributed by atoms with Gasteiger partial charge in [-0.25, -0.2) is 0 Å². The number of aryl methyl sites for hydroxylation is 1. The Morgan fingerprint density at radius 1 is 1.48 bits per heavy atom. The molecule has 122 valence electrons. The second kappa shape index (κ2) is 6.42. The molecule has 2 heterocycles. The maximum atomic E-state index is 12.6. The molecule has 1 aliphatic rings. The molecule has 0 radical (unpaired) electrons. The summed E-state index contributed by atoms with van der Waals surface area (Å²) in [7, 11) is 1.62. The largest absolute Gasteiger partial charge is 0.497 e. The van der Waals surface area contributed by atoms with Crippen LogP contribution in [0.1, 0.15) is 29.4 Å². The van der Waals surface area contributed by atoms with Gasteiger partial charge in [-0.1, -0.05) is 12.1 Å². The molecule has 0 spiro atoms. The summed E-state index contributed by atoms with van der Waals surface area (Å²) in [5.41, 5.74) is 2.63. The average molecular weight is 315 g/mol. The number of amides is 1. The first-order chi connectivity index (χ1) is 11.1. The molecule has 1 aromatic heterocycles. The normalized spacial score (nSPS) is 20.7. The van der Waals surface area contributed by atoms with Gasteiger partial charge < -0.3 is 14.7 Å². The van der Waals surface area contributed by atoms with Crippen LogP contribution in [0.2, 0.25) is 0 Å². The number of aromatic nitrogens is 2. The van der Waals surface area contributed by atoms with Gasteiger partial charge in [-0.05, 0) is 37.1 Å². The van der Waals surface area contributed by atoms with Crippen LogP contribution in [0, 0.1) is 6.92 Å². The number of nitrogens with zero attached hydrogens (tertiary/aromatic N) is 2. The maximum absolute atomic E-state index is 12.6. The summed E-state index contributed by atoms with van der Waals surface area (Å²) < 4.78 is 5.26. The number of benzene rings is 1. The highest BCUT2D eigenvalue weighted by atomic mass is 16.5. The molecule has 1 fully saturated rings. The average Bonchev–Trinajstić information content (AvgIpc) is 3.13. The van der Waals surface area contributed by atoms with E-state index in [0.717, 1.165) is 22.7 Å². The van der Waals surface area contributed by atoms with Crippen LogP contribution in [0.3, 0.4) is 0 Å². The van der Waals surface area contributed by atoms with E-state index in [9.17, 15) is 9.90 Å². The smallest absolute Gasteiger partial charge is 0.229 e. The molecule has 6 nitrogen and oxygen atoms in total. The summed E-state index contributed by atoms with van der Waals surface area (Å²) in [4.78, 5) is 14.4. The number of ether oxygens (including phenoxy) is 1. The van der Waals surface area contributed by atoms with Crippen LogP contribution in [-0.2, 0) is 11.2 Å². The van der Waals surface area contributed by atoms with Gasteiger partial charge in [0, 0.05) is 12.2 Å². The van der Waals surface area contributed by atoms with Crippen molar-refractivity contribution >= 4 is 5.91 Å². The fourth-order valence-electron chi connectivity index (χ4n) is 3.08. The highest BCUT2D eigenvalue weighted by Crippen LogP contribution is 2.34. The second-order valence-electron chi connectivity index (χ2n) is 5.95. The third-order valence-corrected chi connectivity index (χ3v) is 4.17. The molecule has 2 atom stereocenters. The molecule has 0 bridgehead atoms. The van der Waals surface area contributed by atoms with Crippen molar-refractivity contribution in [3.05, 3.63) is 47.3 Å². The fraction of sp³-hybridized carbons (Fsp3) is 0.412. The number of aromatic amines is 1. The molecule has 1 saturated heterocycles. The number of H-pyrrole nitrogens is 1. The van der Waals surface area contributed by atoms with Gasteiger partial charge in [-0.3, -0.25) is 9.89 Å². The number of nitrogens with one attached hydrogen (secondary N) is 1. The monoisotopic (exact) mass is 315 g/mol. The van der Waals surface area contributed by atoms with Crippen molar-refractivity contribution in [2.24, 2.45) is 0 Å². The standard InChI is InChI=1S/C17H21N3O3/c1-11-6-13(19-18-11)8-17(22)20-10-14(21)9-16(20)12-4-3-5-15(7-12)23-2/h3-7,14,16,21H,8-10H2,1-2H3,(H,18,19). The molecule has 0 saturated carbocycles. The number of methoxy groups -OCH3 is 1. The lowest BCUT2D eigenvalue weighted by Gasteiger charge is -2.24. The number of carbonyl (C=O) groups is 1. The number of aliphatic hydroxyl groups excluding tert-OH is 1. The van der Waals surface area contributed by atoms with Crippen molar-refractivity contribution in [2.45, 2.75) is 31.9 Å². The molecule has 1 aromatic carbocycles. The van der Waals surface area contributed by atoms with Gasteiger partial charge in [0.25, 0.3) is 0 Å². The predicted octanol–water partition coefficient (Wildman–Crippen LogP) is 1.60. The molecule has 3 rings (SSSR count). The van der Waals surface area contributed by atoms with Crippen LogP contribution in [0.5, 0.6) is 5.75 Å². The fourth-order valence-corrected chi connectivity index (χ4v) is 3.08. The van der Waals surface area contributed by atoms with Crippen molar-refractivity contribution in [1.82, 2.24) is 15.1 Å². The zero-order chi connectivity index (χ0) is 16.4. The summed E-state index contributed by atoms with van der Waals surface area (Å²) in [5.74, 6) is 0.722. The van der Waals surface area contributed by atoms with E-state index in [-0.39, 0.29) is 18.4 Å². The Hall–Kier alpha value is -2.34. The van der Waals surface area contributed by atoms with E-state index in [4.69, 9.17) is 4.74 Å². The Labute approximate surface area is 135 Å². The quantitative estimate of drug-likeness (QED) is 0.898. The van der Waals surface area contributed by atoms with Crippen LogP contribution in [-0.4, -0.2) is 45.9 Å². The lowest BCUT2D eigenvalue weighted by Crippen LogP contribution is -2.33. The number of aliphatic hydroxyl groups is 1. The Morgan fingerprint density at radius 3 is 3.00 bits per heavy atom. The molecule has 2 aromatic rings. The van der Waals surface area contributed by atoms with Gasteiger partial charge in [0.05, 0.1) is 31.4 Å². The predicted molar refractivity (Wildman–Crippen MR) is 85.1 cm³/mol. The van der Waals surface area contributed by atoms with E-state index in [1.165, 1.54) is 0 Å². The number of rotatable bonds is 4. The van der Waals surface area contributed by atoms with E-state index in [1.807, 2.05) is 37.3 Å². The van der Waals surface area contributed by atoms with Crippen LogP contribution < -0.4 is 4.74 Å². The number of likely N-dealkylation sites (tertiary alicyclic amines) is 1. The van der Waals surface area contributed by atoms with Gasteiger partial charge in [0.15, 0.2) is 0 Å². The molecule has 6 heteroatoms. The Balaban J connectivity index is 1.79. The topological polar surface area (TPSA) is 78.5 Å². The Bertz CT molecular complexity index is 698. The summed E-state index contributed by atoms with van der Waals surface area (Å²) in [6.45, 7) is 2.25. The van der Waals surface area contributed by atoms with Crippen LogP contribution in [0.4, 0.5) is 0 Å². The van der Waals surface area contributed by atoms with Crippen molar-refractivity contribution in [3.63, 3.8) is 0 Å². The minimum Gasteiger partial charge on any atom is -0.497 e.